The van der Waals surface area contributed by atoms with Gasteiger partial charge in [-0.25, -0.2) is 0 Å². The molecule has 0 bridgehead atoms. The van der Waals surface area contributed by atoms with Crippen LogP contribution < -0.4 is 5.73 Å². The summed E-state index contributed by atoms with van der Waals surface area (Å²) in [5, 5.41) is 11.5. The monoisotopic (exact) mass is 215 g/mol. The molecule has 90 valence electrons. The molecule has 0 aliphatic carbocycles. The Kier molecular flexibility index (Phi) is 7.13. The Bertz CT molecular complexity index is 192. The number of hydrogen-bond donors (Lipinski definition) is 2. The predicted molar refractivity (Wildman–Crippen MR) is 64.2 cm³/mol. The highest BCUT2D eigenvalue weighted by atomic mass is 16.4. The Morgan fingerprint density at radius 1 is 1.47 bits per heavy atom. The lowest BCUT2D eigenvalue weighted by Crippen LogP contribution is -2.36. The fourth-order valence-electron chi connectivity index (χ4n) is 1.54. The van der Waals surface area contributed by atoms with E-state index in [-0.39, 0.29) is 0 Å². The van der Waals surface area contributed by atoms with Crippen LogP contribution in [0, 0.1) is 5.92 Å². The Hall–Kier alpha value is -0.770. The topological polar surface area (TPSA) is 61.9 Å². The lowest BCUT2D eigenvalue weighted by atomic mass is 10.1. The SMILES string of the molecule is CCC(CC(N)=NO)N(C)CCC(C)C. The fraction of sp³-hybridized carbons (Fsp3) is 0.909. The number of nitrogens with zero attached hydrogens (tertiary/aromatic N) is 2. The molecule has 4 heteroatoms. The zero-order valence-corrected chi connectivity index (χ0v) is 10.4. The van der Waals surface area contributed by atoms with Gasteiger partial charge in [-0.05, 0) is 32.4 Å². The first kappa shape index (κ1) is 14.2. The van der Waals surface area contributed by atoms with Crippen LogP contribution in [0.4, 0.5) is 0 Å². The van der Waals surface area contributed by atoms with Crippen molar-refractivity contribution in [2.75, 3.05) is 13.6 Å². The lowest BCUT2D eigenvalue weighted by Gasteiger charge is -2.27. The Morgan fingerprint density at radius 3 is 2.47 bits per heavy atom. The van der Waals surface area contributed by atoms with Crippen molar-refractivity contribution >= 4 is 5.84 Å². The minimum absolute atomic E-state index is 0.318. The van der Waals surface area contributed by atoms with Gasteiger partial charge in [-0.15, -0.1) is 0 Å². The highest BCUT2D eigenvalue weighted by Gasteiger charge is 2.14. The zero-order valence-electron chi connectivity index (χ0n) is 10.4. The van der Waals surface area contributed by atoms with Crippen LogP contribution in [0.5, 0.6) is 0 Å². The van der Waals surface area contributed by atoms with Gasteiger partial charge in [-0.1, -0.05) is 25.9 Å². The maximum absolute atomic E-state index is 8.52. The van der Waals surface area contributed by atoms with Gasteiger partial charge in [0.1, 0.15) is 5.84 Å². The molecule has 0 saturated heterocycles. The standard InChI is InChI=1S/C11H25N3O/c1-5-10(8-11(12)13-15)14(4)7-6-9(2)3/h9-10,15H,5-8H2,1-4H3,(H2,12,13). The summed E-state index contributed by atoms with van der Waals surface area (Å²) in [5.74, 6) is 1.03. The van der Waals surface area contributed by atoms with Crippen LogP contribution in [0.2, 0.25) is 0 Å². The van der Waals surface area contributed by atoms with Gasteiger partial charge in [0.25, 0.3) is 0 Å². The van der Waals surface area contributed by atoms with Crippen molar-refractivity contribution in [3.05, 3.63) is 0 Å². The molecule has 0 aliphatic heterocycles. The first-order valence-corrected chi connectivity index (χ1v) is 5.67. The van der Waals surface area contributed by atoms with E-state index in [2.05, 4.69) is 37.9 Å². The summed E-state index contributed by atoms with van der Waals surface area (Å²) in [5.41, 5.74) is 5.52. The fourth-order valence-corrected chi connectivity index (χ4v) is 1.54. The minimum atomic E-state index is 0.318. The van der Waals surface area contributed by atoms with Crippen LogP contribution in [-0.2, 0) is 0 Å². The van der Waals surface area contributed by atoms with Crippen molar-refractivity contribution in [2.24, 2.45) is 16.8 Å². The van der Waals surface area contributed by atoms with Gasteiger partial charge in [-0.3, -0.25) is 0 Å². The largest absolute Gasteiger partial charge is 0.409 e. The van der Waals surface area contributed by atoms with Crippen LogP contribution >= 0.6 is 0 Å². The summed E-state index contributed by atoms with van der Waals surface area (Å²) >= 11 is 0. The number of oxime groups is 1. The average Bonchev–Trinajstić information content (AvgIpc) is 2.21. The summed E-state index contributed by atoms with van der Waals surface area (Å²) < 4.78 is 0. The third kappa shape index (κ3) is 6.33. The third-order valence-electron chi connectivity index (χ3n) is 2.73. The molecular formula is C11H25N3O. The predicted octanol–water partition coefficient (Wildman–Crippen LogP) is 1.88. The van der Waals surface area contributed by atoms with E-state index in [4.69, 9.17) is 10.9 Å². The maximum Gasteiger partial charge on any atom is 0.140 e. The summed E-state index contributed by atoms with van der Waals surface area (Å²) in [6.45, 7) is 7.63. The summed E-state index contributed by atoms with van der Waals surface area (Å²) in [6.07, 6.45) is 2.84. The molecule has 0 aromatic carbocycles. The van der Waals surface area contributed by atoms with Gasteiger partial charge >= 0.3 is 0 Å². The summed E-state index contributed by atoms with van der Waals surface area (Å²) in [7, 11) is 2.10. The molecule has 0 aromatic heterocycles. The van der Waals surface area contributed by atoms with Crippen molar-refractivity contribution in [1.29, 1.82) is 0 Å². The van der Waals surface area contributed by atoms with Gasteiger partial charge in [0, 0.05) is 12.5 Å². The van der Waals surface area contributed by atoms with E-state index in [1.54, 1.807) is 0 Å². The van der Waals surface area contributed by atoms with E-state index in [9.17, 15) is 0 Å². The van der Waals surface area contributed by atoms with Gasteiger partial charge in [-0.2, -0.15) is 0 Å². The van der Waals surface area contributed by atoms with E-state index in [1.165, 1.54) is 6.42 Å². The first-order chi connectivity index (χ1) is 7.01. The molecule has 3 N–H and O–H groups in total. The Labute approximate surface area is 93.1 Å². The van der Waals surface area contributed by atoms with Crippen molar-refractivity contribution in [3.63, 3.8) is 0 Å². The molecule has 1 atom stereocenters. The smallest absolute Gasteiger partial charge is 0.140 e. The molecule has 0 aromatic rings. The van der Waals surface area contributed by atoms with Gasteiger partial charge in [0.05, 0.1) is 0 Å². The minimum Gasteiger partial charge on any atom is -0.409 e. The molecule has 1 unspecified atom stereocenters. The van der Waals surface area contributed by atoms with Gasteiger partial charge in [0.2, 0.25) is 0 Å². The second-order valence-electron chi connectivity index (χ2n) is 4.52. The molecule has 0 heterocycles. The van der Waals surface area contributed by atoms with Crippen LogP contribution in [-0.4, -0.2) is 35.6 Å². The van der Waals surface area contributed by atoms with E-state index in [1.807, 2.05) is 0 Å². The molecule has 0 fully saturated rings. The normalized spacial score (nSPS) is 14.9. The molecule has 4 nitrogen and oxygen atoms in total. The van der Waals surface area contributed by atoms with Crippen LogP contribution in [0.1, 0.15) is 40.0 Å². The van der Waals surface area contributed by atoms with E-state index in [0.29, 0.717) is 24.2 Å². The van der Waals surface area contributed by atoms with Gasteiger partial charge in [0.15, 0.2) is 0 Å². The summed E-state index contributed by atoms with van der Waals surface area (Å²) in [6, 6.07) is 0.375. The molecule has 0 saturated carbocycles. The number of rotatable bonds is 7. The van der Waals surface area contributed by atoms with Crippen molar-refractivity contribution in [1.82, 2.24) is 4.90 Å². The van der Waals surface area contributed by atoms with Crippen LogP contribution in [0.3, 0.4) is 0 Å². The number of amidine groups is 1. The highest BCUT2D eigenvalue weighted by molar-refractivity contribution is 5.80. The molecule has 0 amide bonds. The highest BCUT2D eigenvalue weighted by Crippen LogP contribution is 2.09. The second kappa shape index (κ2) is 7.51. The zero-order chi connectivity index (χ0) is 11.8. The summed E-state index contributed by atoms with van der Waals surface area (Å²) in [4.78, 5) is 2.29. The van der Waals surface area contributed by atoms with E-state index >= 15 is 0 Å². The molecule has 0 aliphatic rings. The van der Waals surface area contributed by atoms with E-state index < -0.39 is 0 Å². The second-order valence-corrected chi connectivity index (χ2v) is 4.52. The average molecular weight is 215 g/mol. The quantitative estimate of drug-likeness (QED) is 0.295. The third-order valence-corrected chi connectivity index (χ3v) is 2.73. The van der Waals surface area contributed by atoms with Crippen molar-refractivity contribution in [2.45, 2.75) is 46.1 Å². The molecule has 0 rings (SSSR count). The lowest BCUT2D eigenvalue weighted by molar-refractivity contribution is 0.225. The Morgan fingerprint density at radius 2 is 2.07 bits per heavy atom. The van der Waals surface area contributed by atoms with Crippen LogP contribution in [0.15, 0.2) is 5.16 Å². The molecule has 15 heavy (non-hydrogen) atoms. The molecule has 0 radical (unpaired) electrons. The van der Waals surface area contributed by atoms with Crippen LogP contribution in [0.25, 0.3) is 0 Å². The number of nitrogens with two attached hydrogens (primary N) is 1. The first-order valence-electron chi connectivity index (χ1n) is 5.67. The van der Waals surface area contributed by atoms with Gasteiger partial charge < -0.3 is 15.8 Å². The number of hydrogen-bond acceptors (Lipinski definition) is 3. The maximum atomic E-state index is 8.52. The Balaban J connectivity index is 4.04. The molecule has 0 spiro atoms. The van der Waals surface area contributed by atoms with Crippen molar-refractivity contribution < 1.29 is 5.21 Å². The van der Waals surface area contributed by atoms with E-state index in [0.717, 1.165) is 13.0 Å². The molecular weight excluding hydrogens is 190 g/mol. The van der Waals surface area contributed by atoms with Crippen molar-refractivity contribution in [3.8, 4) is 0 Å².